The molecule has 1 heterocycles. The lowest BCUT2D eigenvalue weighted by molar-refractivity contribution is 0.475. The lowest BCUT2D eigenvalue weighted by Crippen LogP contribution is -2.14. The second-order valence-electron chi connectivity index (χ2n) is 6.61. The monoisotopic (exact) mass is 411 g/mol. The number of aromatic amines is 1. The number of aromatic nitrogens is 2. The summed E-state index contributed by atoms with van der Waals surface area (Å²) in [6.45, 7) is 0. The van der Waals surface area contributed by atoms with Crippen molar-refractivity contribution in [2.75, 3.05) is 0 Å². The number of rotatable bonds is 5. The first-order chi connectivity index (χ1) is 14.6. The van der Waals surface area contributed by atoms with E-state index in [4.69, 9.17) is 0 Å². The van der Waals surface area contributed by atoms with E-state index in [9.17, 15) is 15.2 Å². The zero-order valence-corrected chi connectivity index (χ0v) is 16.7. The zero-order chi connectivity index (χ0) is 20.9. The average molecular weight is 411 g/mol. The van der Waals surface area contributed by atoms with Crippen molar-refractivity contribution in [3.63, 3.8) is 0 Å². The van der Waals surface area contributed by atoms with Gasteiger partial charge in [-0.25, -0.2) is 4.98 Å². The summed E-state index contributed by atoms with van der Waals surface area (Å²) in [6.07, 6.45) is 0. The van der Waals surface area contributed by atoms with E-state index in [1.165, 1.54) is 11.8 Å². The molecule has 6 heteroatoms. The highest BCUT2D eigenvalue weighted by atomic mass is 32.2. The summed E-state index contributed by atoms with van der Waals surface area (Å²) in [7, 11) is 0. The van der Waals surface area contributed by atoms with Crippen LogP contribution in [0.3, 0.4) is 0 Å². The third-order valence-corrected chi connectivity index (χ3v) is 5.51. The summed E-state index contributed by atoms with van der Waals surface area (Å²) in [5.41, 5.74) is 3.49. The van der Waals surface area contributed by atoms with Gasteiger partial charge < -0.3 is 10.1 Å². The van der Waals surface area contributed by atoms with E-state index in [1.807, 2.05) is 66.7 Å². The molecule has 0 spiro atoms. The molecule has 0 aliphatic carbocycles. The number of nitrogens with one attached hydrogen (secondary N) is 1. The van der Waals surface area contributed by atoms with Crippen molar-refractivity contribution in [2.24, 2.45) is 0 Å². The molecule has 2 N–H and O–H groups in total. The number of phenols is 1. The molecule has 0 unspecified atom stereocenters. The summed E-state index contributed by atoms with van der Waals surface area (Å²) < 4.78 is 0. The molecule has 0 radical (unpaired) electrons. The third kappa shape index (κ3) is 4.27. The van der Waals surface area contributed by atoms with Gasteiger partial charge in [-0.05, 0) is 28.8 Å². The van der Waals surface area contributed by atoms with Crippen molar-refractivity contribution >= 4 is 11.8 Å². The lowest BCUT2D eigenvalue weighted by Gasteiger charge is -2.08. The number of thioether (sulfide) groups is 1. The van der Waals surface area contributed by atoms with Crippen LogP contribution in [0.4, 0.5) is 0 Å². The van der Waals surface area contributed by atoms with E-state index in [0.717, 1.165) is 16.7 Å². The van der Waals surface area contributed by atoms with Crippen LogP contribution in [0.15, 0.2) is 88.8 Å². The number of phenolic OH excluding ortho intramolecular Hbond substituents is 1. The van der Waals surface area contributed by atoms with Crippen molar-refractivity contribution in [1.29, 1.82) is 5.26 Å². The number of benzene rings is 3. The summed E-state index contributed by atoms with van der Waals surface area (Å²) in [4.78, 5) is 19.7. The van der Waals surface area contributed by atoms with Crippen LogP contribution in [0.1, 0.15) is 11.1 Å². The highest BCUT2D eigenvalue weighted by Crippen LogP contribution is 2.28. The Kier molecular flexibility index (Phi) is 5.64. The Bertz CT molecular complexity index is 1280. The van der Waals surface area contributed by atoms with E-state index in [1.54, 1.807) is 18.2 Å². The van der Waals surface area contributed by atoms with Crippen LogP contribution < -0.4 is 5.56 Å². The highest BCUT2D eigenvalue weighted by molar-refractivity contribution is 7.98. The zero-order valence-electron chi connectivity index (χ0n) is 15.9. The molecule has 4 aromatic rings. The number of hydrogen-bond donors (Lipinski definition) is 2. The Labute approximate surface area is 177 Å². The number of hydrogen-bond acceptors (Lipinski definition) is 5. The third-order valence-electron chi connectivity index (χ3n) is 4.57. The maximum Gasteiger partial charge on any atom is 0.270 e. The molecule has 1 aromatic heterocycles. The predicted molar refractivity (Wildman–Crippen MR) is 118 cm³/mol. The molecule has 4 rings (SSSR count). The van der Waals surface area contributed by atoms with Gasteiger partial charge in [-0.2, -0.15) is 5.26 Å². The fourth-order valence-corrected chi connectivity index (χ4v) is 3.88. The minimum atomic E-state index is -0.449. The fraction of sp³-hybridized carbons (Fsp3) is 0.0417. The number of nitrogens with zero attached hydrogens (tertiary/aromatic N) is 2. The van der Waals surface area contributed by atoms with Crippen molar-refractivity contribution in [2.45, 2.75) is 10.9 Å². The van der Waals surface area contributed by atoms with Gasteiger partial charge in [0.1, 0.15) is 17.4 Å². The second kappa shape index (κ2) is 8.68. The van der Waals surface area contributed by atoms with Gasteiger partial charge in [0.05, 0.1) is 5.69 Å². The predicted octanol–water partition coefficient (Wildman–Crippen LogP) is 4.97. The number of nitriles is 1. The van der Waals surface area contributed by atoms with Crippen LogP contribution in [-0.4, -0.2) is 15.1 Å². The maximum absolute atomic E-state index is 12.4. The van der Waals surface area contributed by atoms with Crippen molar-refractivity contribution in [3.8, 4) is 34.2 Å². The minimum Gasteiger partial charge on any atom is -0.508 e. The Morgan fingerprint density at radius 3 is 2.37 bits per heavy atom. The van der Waals surface area contributed by atoms with Crippen molar-refractivity contribution in [1.82, 2.24) is 9.97 Å². The van der Waals surface area contributed by atoms with Gasteiger partial charge in [-0.15, -0.1) is 0 Å². The molecule has 5 nitrogen and oxygen atoms in total. The van der Waals surface area contributed by atoms with E-state index >= 15 is 0 Å². The second-order valence-corrected chi connectivity index (χ2v) is 7.57. The molecule has 0 amide bonds. The van der Waals surface area contributed by atoms with Gasteiger partial charge in [0, 0.05) is 11.3 Å². The molecular formula is C24H17N3O2S. The normalized spacial score (nSPS) is 10.5. The van der Waals surface area contributed by atoms with E-state index in [2.05, 4.69) is 9.97 Å². The Balaban J connectivity index is 1.66. The van der Waals surface area contributed by atoms with Gasteiger partial charge >= 0.3 is 0 Å². The summed E-state index contributed by atoms with van der Waals surface area (Å²) >= 11 is 1.41. The fourth-order valence-electron chi connectivity index (χ4n) is 3.07. The van der Waals surface area contributed by atoms with E-state index < -0.39 is 5.56 Å². The van der Waals surface area contributed by atoms with Crippen molar-refractivity contribution in [3.05, 3.63) is 100 Å². The van der Waals surface area contributed by atoms with Gasteiger partial charge in [-0.3, -0.25) is 4.79 Å². The molecule has 0 bridgehead atoms. The van der Waals surface area contributed by atoms with Gasteiger partial charge in [0.25, 0.3) is 5.56 Å². The molecule has 30 heavy (non-hydrogen) atoms. The van der Waals surface area contributed by atoms with Crippen LogP contribution in [0.25, 0.3) is 22.4 Å². The van der Waals surface area contributed by atoms with Crippen LogP contribution in [0.2, 0.25) is 0 Å². The molecule has 146 valence electrons. The SMILES string of the molecule is N#Cc1c(-c2ccc(-c3cccc(O)c3)cc2)nc(SCc2ccccc2)[nH]c1=O. The lowest BCUT2D eigenvalue weighted by atomic mass is 10.0. The number of H-pyrrole nitrogens is 1. The molecule has 0 saturated heterocycles. The largest absolute Gasteiger partial charge is 0.508 e. The van der Waals surface area contributed by atoms with Gasteiger partial charge in [0.15, 0.2) is 5.16 Å². The Morgan fingerprint density at radius 1 is 0.933 bits per heavy atom. The first-order valence-electron chi connectivity index (χ1n) is 9.25. The molecule has 0 fully saturated rings. The highest BCUT2D eigenvalue weighted by Gasteiger charge is 2.14. The van der Waals surface area contributed by atoms with Crippen molar-refractivity contribution < 1.29 is 5.11 Å². The van der Waals surface area contributed by atoms with E-state index in [0.29, 0.717) is 22.2 Å². The average Bonchev–Trinajstić information content (AvgIpc) is 2.78. The van der Waals surface area contributed by atoms with E-state index in [-0.39, 0.29) is 11.3 Å². The topological polar surface area (TPSA) is 89.8 Å². The van der Waals surface area contributed by atoms with Crippen LogP contribution in [0.5, 0.6) is 5.75 Å². The maximum atomic E-state index is 12.4. The smallest absolute Gasteiger partial charge is 0.270 e. The first kappa shape index (κ1) is 19.5. The molecule has 0 atom stereocenters. The summed E-state index contributed by atoms with van der Waals surface area (Å²) in [6, 6.07) is 26.3. The minimum absolute atomic E-state index is 0.0100. The van der Waals surface area contributed by atoms with Crippen LogP contribution in [-0.2, 0) is 5.75 Å². The summed E-state index contributed by atoms with van der Waals surface area (Å²) in [5.74, 6) is 0.852. The van der Waals surface area contributed by atoms with Crippen LogP contribution in [0, 0.1) is 11.3 Å². The van der Waals surface area contributed by atoms with Gasteiger partial charge in [-0.1, -0.05) is 78.5 Å². The molecular weight excluding hydrogens is 394 g/mol. The first-order valence-corrected chi connectivity index (χ1v) is 10.2. The Morgan fingerprint density at radius 2 is 1.67 bits per heavy atom. The molecule has 0 aliphatic heterocycles. The molecule has 3 aromatic carbocycles. The quantitative estimate of drug-likeness (QED) is 0.357. The Hall–Kier alpha value is -3.82. The van der Waals surface area contributed by atoms with Gasteiger partial charge in [0.2, 0.25) is 0 Å². The molecule has 0 aliphatic rings. The summed E-state index contributed by atoms with van der Waals surface area (Å²) in [5, 5.41) is 19.6. The standard InChI is InChI=1S/C24H17N3O2S/c25-14-21-22(18-11-9-17(10-12-18)19-7-4-8-20(28)13-19)26-24(27-23(21)29)30-15-16-5-2-1-3-6-16/h1-13,28H,15H2,(H,26,27,29). The molecule has 0 saturated carbocycles. The van der Waals surface area contributed by atoms with Crippen LogP contribution >= 0.6 is 11.8 Å². The number of aromatic hydroxyl groups is 1.